The van der Waals surface area contributed by atoms with E-state index in [9.17, 15) is 14.7 Å². The summed E-state index contributed by atoms with van der Waals surface area (Å²) < 4.78 is 0. The molecule has 0 heterocycles. The SMILES string of the molecule is CC(C)CNC(=O)CCNCC(C(=O)O)c1ccccc1. The van der Waals surface area contributed by atoms with E-state index in [1.165, 1.54) is 0 Å². The van der Waals surface area contributed by atoms with Crippen LogP contribution in [0.3, 0.4) is 0 Å². The van der Waals surface area contributed by atoms with Gasteiger partial charge in [0.25, 0.3) is 0 Å². The van der Waals surface area contributed by atoms with Gasteiger partial charge in [0.2, 0.25) is 5.91 Å². The van der Waals surface area contributed by atoms with Gasteiger partial charge in [-0.1, -0.05) is 44.2 Å². The lowest BCUT2D eigenvalue weighted by molar-refractivity contribution is -0.138. The standard InChI is InChI=1S/C16H24N2O3/c1-12(2)10-18-15(19)8-9-17-11-14(16(20)21)13-6-4-3-5-7-13/h3-7,12,14,17H,8-11H2,1-2H3,(H,18,19)(H,20,21). The number of carboxylic acid groups (broad SMARTS) is 1. The molecule has 3 N–H and O–H groups in total. The molecule has 5 heteroatoms. The second kappa shape index (κ2) is 9.13. The summed E-state index contributed by atoms with van der Waals surface area (Å²) in [6.45, 7) is 5.53. The average Bonchev–Trinajstić information content (AvgIpc) is 2.45. The topological polar surface area (TPSA) is 78.4 Å². The minimum atomic E-state index is -0.863. The molecular weight excluding hydrogens is 268 g/mol. The zero-order valence-corrected chi connectivity index (χ0v) is 12.6. The molecule has 116 valence electrons. The van der Waals surface area contributed by atoms with Gasteiger partial charge in [-0.15, -0.1) is 0 Å². The molecule has 0 aliphatic carbocycles. The Hall–Kier alpha value is -1.88. The molecule has 0 saturated carbocycles. The van der Waals surface area contributed by atoms with Crippen LogP contribution in [0.5, 0.6) is 0 Å². The zero-order chi connectivity index (χ0) is 15.7. The number of aliphatic carboxylic acids is 1. The van der Waals surface area contributed by atoms with Crippen molar-refractivity contribution in [2.24, 2.45) is 5.92 Å². The summed E-state index contributed by atoms with van der Waals surface area (Å²) in [5.41, 5.74) is 0.766. The number of rotatable bonds is 9. The van der Waals surface area contributed by atoms with E-state index in [1.54, 1.807) is 12.1 Å². The van der Waals surface area contributed by atoms with Crippen LogP contribution >= 0.6 is 0 Å². The van der Waals surface area contributed by atoms with Gasteiger partial charge in [-0.25, -0.2) is 0 Å². The summed E-state index contributed by atoms with van der Waals surface area (Å²) in [6, 6.07) is 9.11. The molecule has 1 aromatic rings. The molecular formula is C16H24N2O3. The maximum atomic E-state index is 11.5. The van der Waals surface area contributed by atoms with Crippen LogP contribution in [0.1, 0.15) is 31.7 Å². The average molecular weight is 292 g/mol. The van der Waals surface area contributed by atoms with Crippen LogP contribution in [0.25, 0.3) is 0 Å². The number of benzene rings is 1. The fraction of sp³-hybridized carbons (Fsp3) is 0.500. The van der Waals surface area contributed by atoms with Gasteiger partial charge >= 0.3 is 5.97 Å². The van der Waals surface area contributed by atoms with Gasteiger partial charge in [0, 0.05) is 26.1 Å². The van der Waals surface area contributed by atoms with Crippen LogP contribution in [0.2, 0.25) is 0 Å². The van der Waals surface area contributed by atoms with Gasteiger partial charge in [0.05, 0.1) is 5.92 Å². The molecule has 0 bridgehead atoms. The number of carbonyl (C=O) groups is 2. The lowest BCUT2D eigenvalue weighted by atomic mass is 9.99. The monoisotopic (exact) mass is 292 g/mol. The largest absolute Gasteiger partial charge is 0.481 e. The smallest absolute Gasteiger partial charge is 0.312 e. The Labute approximate surface area is 125 Å². The molecule has 5 nitrogen and oxygen atoms in total. The van der Waals surface area contributed by atoms with Crippen molar-refractivity contribution in [2.45, 2.75) is 26.2 Å². The van der Waals surface area contributed by atoms with Gasteiger partial charge in [-0.05, 0) is 11.5 Å². The first-order chi connectivity index (χ1) is 10.0. The van der Waals surface area contributed by atoms with E-state index in [2.05, 4.69) is 10.6 Å². The Kier molecular flexibility index (Phi) is 7.46. The Morgan fingerprint density at radius 1 is 1.14 bits per heavy atom. The predicted molar refractivity (Wildman–Crippen MR) is 82.2 cm³/mol. The minimum Gasteiger partial charge on any atom is -0.481 e. The van der Waals surface area contributed by atoms with Crippen LogP contribution < -0.4 is 10.6 Å². The number of amides is 1. The van der Waals surface area contributed by atoms with E-state index in [4.69, 9.17) is 0 Å². The zero-order valence-electron chi connectivity index (χ0n) is 12.6. The normalized spacial score (nSPS) is 12.1. The fourth-order valence-electron chi connectivity index (χ4n) is 1.89. The Morgan fingerprint density at radius 2 is 1.81 bits per heavy atom. The molecule has 1 rings (SSSR count). The number of hydrogen-bond acceptors (Lipinski definition) is 3. The lowest BCUT2D eigenvalue weighted by Gasteiger charge is -2.14. The van der Waals surface area contributed by atoms with Crippen LogP contribution in [0.4, 0.5) is 0 Å². The molecule has 0 radical (unpaired) electrons. The van der Waals surface area contributed by atoms with Crippen molar-refractivity contribution >= 4 is 11.9 Å². The van der Waals surface area contributed by atoms with Crippen molar-refractivity contribution in [1.29, 1.82) is 0 Å². The maximum Gasteiger partial charge on any atom is 0.312 e. The fourth-order valence-corrected chi connectivity index (χ4v) is 1.89. The van der Waals surface area contributed by atoms with Crippen LogP contribution in [0.15, 0.2) is 30.3 Å². The quantitative estimate of drug-likeness (QED) is 0.604. The van der Waals surface area contributed by atoms with Crippen molar-refractivity contribution < 1.29 is 14.7 Å². The molecule has 0 aromatic heterocycles. The van der Waals surface area contributed by atoms with Crippen LogP contribution in [-0.2, 0) is 9.59 Å². The summed E-state index contributed by atoms with van der Waals surface area (Å²) in [5.74, 6) is -1.04. The first-order valence-electron chi connectivity index (χ1n) is 7.26. The van der Waals surface area contributed by atoms with Crippen molar-refractivity contribution in [3.63, 3.8) is 0 Å². The molecule has 1 amide bonds. The van der Waals surface area contributed by atoms with Crippen molar-refractivity contribution in [2.75, 3.05) is 19.6 Å². The van der Waals surface area contributed by atoms with Crippen molar-refractivity contribution in [3.05, 3.63) is 35.9 Å². The Morgan fingerprint density at radius 3 is 2.38 bits per heavy atom. The van der Waals surface area contributed by atoms with E-state index < -0.39 is 11.9 Å². The summed E-state index contributed by atoms with van der Waals surface area (Å²) in [6.07, 6.45) is 0.355. The van der Waals surface area contributed by atoms with E-state index >= 15 is 0 Å². The first kappa shape index (κ1) is 17.2. The highest BCUT2D eigenvalue weighted by atomic mass is 16.4. The summed E-state index contributed by atoms with van der Waals surface area (Å²) in [7, 11) is 0. The maximum absolute atomic E-state index is 11.5. The molecule has 1 aromatic carbocycles. The highest BCUT2D eigenvalue weighted by Crippen LogP contribution is 2.14. The molecule has 0 aliphatic rings. The van der Waals surface area contributed by atoms with Crippen molar-refractivity contribution in [1.82, 2.24) is 10.6 Å². The van der Waals surface area contributed by atoms with E-state index in [-0.39, 0.29) is 5.91 Å². The molecule has 21 heavy (non-hydrogen) atoms. The van der Waals surface area contributed by atoms with Gasteiger partial charge in [-0.3, -0.25) is 9.59 Å². The Bertz CT molecular complexity index is 446. The molecule has 0 aliphatic heterocycles. The third-order valence-corrected chi connectivity index (χ3v) is 3.08. The Balaban J connectivity index is 2.32. The summed E-state index contributed by atoms with van der Waals surface area (Å²) in [4.78, 5) is 22.8. The number of hydrogen-bond donors (Lipinski definition) is 3. The minimum absolute atomic E-state index is 0.0113. The number of nitrogens with one attached hydrogen (secondary N) is 2. The van der Waals surface area contributed by atoms with Crippen LogP contribution in [-0.4, -0.2) is 36.6 Å². The van der Waals surface area contributed by atoms with Crippen molar-refractivity contribution in [3.8, 4) is 0 Å². The summed E-state index contributed by atoms with van der Waals surface area (Å²) in [5, 5.41) is 15.1. The molecule has 1 atom stereocenters. The summed E-state index contributed by atoms with van der Waals surface area (Å²) >= 11 is 0. The third-order valence-electron chi connectivity index (χ3n) is 3.08. The van der Waals surface area contributed by atoms with E-state index in [0.717, 1.165) is 5.56 Å². The van der Waals surface area contributed by atoms with Crippen LogP contribution in [0, 0.1) is 5.92 Å². The van der Waals surface area contributed by atoms with Gasteiger partial charge in [0.15, 0.2) is 0 Å². The number of carboxylic acids is 1. The highest BCUT2D eigenvalue weighted by molar-refractivity contribution is 5.77. The third kappa shape index (κ3) is 6.90. The van der Waals surface area contributed by atoms with Gasteiger partial charge in [0.1, 0.15) is 0 Å². The predicted octanol–water partition coefficient (Wildman–Crippen LogP) is 1.61. The second-order valence-electron chi connectivity index (χ2n) is 5.45. The van der Waals surface area contributed by atoms with Gasteiger partial charge < -0.3 is 15.7 Å². The van der Waals surface area contributed by atoms with E-state index in [1.807, 2.05) is 32.0 Å². The first-order valence-corrected chi connectivity index (χ1v) is 7.26. The number of carbonyl (C=O) groups excluding carboxylic acids is 1. The van der Waals surface area contributed by atoms with E-state index in [0.29, 0.717) is 32.0 Å². The molecule has 1 unspecified atom stereocenters. The highest BCUT2D eigenvalue weighted by Gasteiger charge is 2.18. The van der Waals surface area contributed by atoms with Gasteiger partial charge in [-0.2, -0.15) is 0 Å². The second-order valence-corrected chi connectivity index (χ2v) is 5.45. The molecule has 0 spiro atoms. The molecule has 0 saturated heterocycles. The molecule has 0 fully saturated rings. The lowest BCUT2D eigenvalue weighted by Crippen LogP contribution is -2.32.